The molecule has 0 saturated carbocycles. The summed E-state index contributed by atoms with van der Waals surface area (Å²) in [5.41, 5.74) is -0.0948. The molecule has 0 aliphatic rings. The Morgan fingerprint density at radius 1 is 1.27 bits per heavy atom. The Labute approximate surface area is 128 Å². The fraction of sp³-hybridized carbons (Fsp3) is 0.375. The van der Waals surface area contributed by atoms with E-state index < -0.39 is 0 Å². The maximum absolute atomic E-state index is 12.4. The molecule has 0 aliphatic heterocycles. The molecule has 0 unspecified atom stereocenters. The van der Waals surface area contributed by atoms with Gasteiger partial charge in [0.25, 0.3) is 11.5 Å². The summed E-state index contributed by atoms with van der Waals surface area (Å²) >= 11 is 0. The molecule has 2 aromatic rings. The summed E-state index contributed by atoms with van der Waals surface area (Å²) in [6, 6.07) is 7.06. The van der Waals surface area contributed by atoms with Crippen LogP contribution in [-0.4, -0.2) is 37.3 Å². The number of nitrogens with one attached hydrogen (secondary N) is 1. The van der Waals surface area contributed by atoms with Crippen LogP contribution in [0.1, 0.15) is 6.92 Å². The number of benzene rings is 1. The van der Waals surface area contributed by atoms with E-state index in [0.29, 0.717) is 36.3 Å². The number of hydrogen-bond donors (Lipinski definition) is 1. The van der Waals surface area contributed by atoms with Crippen LogP contribution in [0.5, 0.6) is 5.75 Å². The van der Waals surface area contributed by atoms with Crippen LogP contribution in [0.15, 0.2) is 35.3 Å². The standard InChI is InChI=1S/C16H20N2O4/c1-3-21-10-9-18-8-7-12-13(16(18)20)5-4-6-14(12)22-11-15(19)17-2/h4-8H,3,9-11H2,1-2H3,(H,17,19). The highest BCUT2D eigenvalue weighted by molar-refractivity contribution is 5.88. The third-order valence-electron chi connectivity index (χ3n) is 3.30. The number of carbonyl (C=O) groups excluding carboxylic acids is 1. The number of aromatic nitrogens is 1. The van der Waals surface area contributed by atoms with Crippen LogP contribution < -0.4 is 15.6 Å². The third-order valence-corrected chi connectivity index (χ3v) is 3.30. The minimum atomic E-state index is -0.220. The molecular formula is C16H20N2O4. The van der Waals surface area contributed by atoms with E-state index in [4.69, 9.17) is 9.47 Å². The lowest BCUT2D eigenvalue weighted by Gasteiger charge is -2.11. The van der Waals surface area contributed by atoms with Crippen LogP contribution in [0.3, 0.4) is 0 Å². The molecule has 0 fully saturated rings. The van der Waals surface area contributed by atoms with Gasteiger partial charge in [0, 0.05) is 31.8 Å². The fourth-order valence-electron chi connectivity index (χ4n) is 2.11. The first-order valence-corrected chi connectivity index (χ1v) is 7.20. The fourth-order valence-corrected chi connectivity index (χ4v) is 2.11. The van der Waals surface area contributed by atoms with E-state index in [2.05, 4.69) is 5.32 Å². The van der Waals surface area contributed by atoms with Gasteiger partial charge in [-0.15, -0.1) is 0 Å². The van der Waals surface area contributed by atoms with Crippen molar-refractivity contribution >= 4 is 16.7 Å². The van der Waals surface area contributed by atoms with Crippen LogP contribution in [-0.2, 0) is 16.1 Å². The SMILES string of the molecule is CCOCCn1ccc2c(OCC(=O)NC)cccc2c1=O. The Morgan fingerprint density at radius 2 is 2.09 bits per heavy atom. The maximum atomic E-state index is 12.4. The lowest BCUT2D eigenvalue weighted by Crippen LogP contribution is -2.25. The van der Waals surface area contributed by atoms with Crippen molar-refractivity contribution in [2.24, 2.45) is 0 Å². The lowest BCUT2D eigenvalue weighted by molar-refractivity contribution is -0.122. The number of carbonyl (C=O) groups is 1. The van der Waals surface area contributed by atoms with Crippen molar-refractivity contribution in [3.8, 4) is 5.75 Å². The van der Waals surface area contributed by atoms with Crippen molar-refractivity contribution in [3.63, 3.8) is 0 Å². The van der Waals surface area contributed by atoms with Gasteiger partial charge >= 0.3 is 0 Å². The van der Waals surface area contributed by atoms with Gasteiger partial charge in [-0.1, -0.05) is 6.07 Å². The van der Waals surface area contributed by atoms with Crippen LogP contribution in [0.4, 0.5) is 0 Å². The van der Waals surface area contributed by atoms with Crippen molar-refractivity contribution in [1.82, 2.24) is 9.88 Å². The number of nitrogens with zero attached hydrogens (tertiary/aromatic N) is 1. The molecule has 0 aliphatic carbocycles. The highest BCUT2D eigenvalue weighted by Crippen LogP contribution is 2.22. The van der Waals surface area contributed by atoms with Crippen molar-refractivity contribution in [1.29, 1.82) is 0 Å². The second-order valence-corrected chi connectivity index (χ2v) is 4.69. The van der Waals surface area contributed by atoms with E-state index in [1.165, 1.54) is 0 Å². The predicted molar refractivity (Wildman–Crippen MR) is 84.3 cm³/mol. The molecule has 6 nitrogen and oxygen atoms in total. The first-order valence-electron chi connectivity index (χ1n) is 7.20. The molecule has 2 rings (SSSR count). The summed E-state index contributed by atoms with van der Waals surface area (Å²) in [6.07, 6.45) is 1.72. The van der Waals surface area contributed by atoms with Crippen molar-refractivity contribution in [2.45, 2.75) is 13.5 Å². The molecule has 0 spiro atoms. The summed E-state index contributed by atoms with van der Waals surface area (Å²) < 4.78 is 12.4. The van der Waals surface area contributed by atoms with Gasteiger partial charge in [-0.05, 0) is 25.1 Å². The third kappa shape index (κ3) is 3.65. The average molecular weight is 304 g/mol. The van der Waals surface area contributed by atoms with E-state index in [0.717, 1.165) is 0 Å². The largest absolute Gasteiger partial charge is 0.483 e. The summed E-state index contributed by atoms with van der Waals surface area (Å²) in [6.45, 7) is 3.46. The van der Waals surface area contributed by atoms with Crippen molar-refractivity contribution in [3.05, 3.63) is 40.8 Å². The van der Waals surface area contributed by atoms with Crippen LogP contribution in [0, 0.1) is 0 Å². The number of hydrogen-bond acceptors (Lipinski definition) is 4. The Bertz CT molecular complexity index is 709. The van der Waals surface area contributed by atoms with E-state index in [9.17, 15) is 9.59 Å². The van der Waals surface area contributed by atoms with E-state index >= 15 is 0 Å². The maximum Gasteiger partial charge on any atom is 0.258 e. The molecular weight excluding hydrogens is 284 g/mol. The summed E-state index contributed by atoms with van der Waals surface area (Å²) in [5, 5.41) is 3.75. The number of likely N-dealkylation sites (N-methyl/N-ethyl adjacent to an activating group) is 1. The molecule has 0 saturated heterocycles. The van der Waals surface area contributed by atoms with Crippen molar-refractivity contribution < 1.29 is 14.3 Å². The molecule has 0 bridgehead atoms. The lowest BCUT2D eigenvalue weighted by atomic mass is 10.1. The quantitative estimate of drug-likeness (QED) is 0.779. The average Bonchev–Trinajstić information content (AvgIpc) is 2.55. The van der Waals surface area contributed by atoms with Crippen LogP contribution in [0.25, 0.3) is 10.8 Å². The molecule has 1 heterocycles. The van der Waals surface area contributed by atoms with Gasteiger partial charge in [0.15, 0.2) is 6.61 Å². The smallest absolute Gasteiger partial charge is 0.258 e. The Morgan fingerprint density at radius 3 is 2.82 bits per heavy atom. The van der Waals surface area contributed by atoms with Crippen LogP contribution >= 0.6 is 0 Å². The molecule has 1 N–H and O–H groups in total. The monoisotopic (exact) mass is 304 g/mol. The normalized spacial score (nSPS) is 10.6. The van der Waals surface area contributed by atoms with E-state index in [1.807, 2.05) is 13.0 Å². The molecule has 22 heavy (non-hydrogen) atoms. The van der Waals surface area contributed by atoms with Gasteiger partial charge in [-0.25, -0.2) is 0 Å². The zero-order valence-corrected chi connectivity index (χ0v) is 12.8. The van der Waals surface area contributed by atoms with Gasteiger partial charge in [-0.3, -0.25) is 9.59 Å². The minimum absolute atomic E-state index is 0.0803. The van der Waals surface area contributed by atoms with Gasteiger partial charge in [0.05, 0.1) is 12.0 Å². The van der Waals surface area contributed by atoms with E-state index in [-0.39, 0.29) is 18.1 Å². The number of pyridine rings is 1. The van der Waals surface area contributed by atoms with Crippen molar-refractivity contribution in [2.75, 3.05) is 26.9 Å². The molecule has 0 atom stereocenters. The molecule has 6 heteroatoms. The Hall–Kier alpha value is -2.34. The first kappa shape index (κ1) is 16.0. The van der Waals surface area contributed by atoms with Gasteiger partial charge in [0.1, 0.15) is 5.75 Å². The summed E-state index contributed by atoms with van der Waals surface area (Å²) in [5.74, 6) is 0.303. The van der Waals surface area contributed by atoms with Gasteiger partial charge < -0.3 is 19.4 Å². The second-order valence-electron chi connectivity index (χ2n) is 4.69. The second kappa shape index (κ2) is 7.61. The predicted octanol–water partition coefficient (Wildman–Crippen LogP) is 1.16. The Kier molecular flexibility index (Phi) is 5.55. The number of rotatable bonds is 7. The molecule has 1 aromatic carbocycles. The highest BCUT2D eigenvalue weighted by Gasteiger charge is 2.08. The zero-order valence-electron chi connectivity index (χ0n) is 12.8. The van der Waals surface area contributed by atoms with Gasteiger partial charge in [0.2, 0.25) is 0 Å². The molecule has 1 amide bonds. The topological polar surface area (TPSA) is 69.6 Å². The molecule has 0 radical (unpaired) electrons. The first-order chi connectivity index (χ1) is 10.7. The minimum Gasteiger partial charge on any atom is -0.483 e. The molecule has 1 aromatic heterocycles. The number of amides is 1. The summed E-state index contributed by atoms with van der Waals surface area (Å²) in [4.78, 5) is 23.7. The highest BCUT2D eigenvalue weighted by atomic mass is 16.5. The van der Waals surface area contributed by atoms with E-state index in [1.54, 1.807) is 36.0 Å². The van der Waals surface area contributed by atoms with Gasteiger partial charge in [-0.2, -0.15) is 0 Å². The number of fused-ring (bicyclic) bond motifs is 1. The zero-order chi connectivity index (χ0) is 15.9. The number of ether oxygens (including phenoxy) is 2. The van der Waals surface area contributed by atoms with Crippen LogP contribution in [0.2, 0.25) is 0 Å². The summed E-state index contributed by atoms with van der Waals surface area (Å²) in [7, 11) is 1.55. The Balaban J connectivity index is 2.28. The molecule has 118 valence electrons.